The van der Waals surface area contributed by atoms with Crippen LogP contribution < -0.4 is 5.32 Å². The largest absolute Gasteiger partial charge is 0.444 e. The van der Waals surface area contributed by atoms with E-state index in [9.17, 15) is 9.59 Å². The first-order chi connectivity index (χ1) is 8.28. The fourth-order valence-electron chi connectivity index (χ4n) is 1.43. The minimum Gasteiger partial charge on any atom is -0.444 e. The molecule has 1 unspecified atom stereocenters. The van der Waals surface area contributed by atoms with Gasteiger partial charge in [0, 0.05) is 0 Å². The molecule has 1 heterocycles. The molecule has 0 radical (unpaired) electrons. The minimum atomic E-state index is -0.618. The van der Waals surface area contributed by atoms with Crippen molar-refractivity contribution in [2.45, 2.75) is 52.0 Å². The summed E-state index contributed by atoms with van der Waals surface area (Å²) in [5.74, 6) is -0.146. The molecule has 1 fully saturated rings. The van der Waals surface area contributed by atoms with Crippen LogP contribution in [0.15, 0.2) is 0 Å². The lowest BCUT2D eigenvalue weighted by molar-refractivity contribution is -0.129. The number of ether oxygens (including phenoxy) is 3. The van der Waals surface area contributed by atoms with Gasteiger partial charge in [-0.2, -0.15) is 0 Å². The molecule has 0 bridgehead atoms. The van der Waals surface area contributed by atoms with Gasteiger partial charge in [0.15, 0.2) is 12.1 Å². The highest BCUT2D eigenvalue weighted by atomic mass is 16.7. The average molecular weight is 259 g/mol. The molecule has 0 aromatic heterocycles. The van der Waals surface area contributed by atoms with Crippen LogP contribution in [0.25, 0.3) is 0 Å². The highest BCUT2D eigenvalue weighted by molar-refractivity contribution is 5.87. The lowest BCUT2D eigenvalue weighted by Gasteiger charge is -2.21. The van der Waals surface area contributed by atoms with E-state index >= 15 is 0 Å². The van der Waals surface area contributed by atoms with Crippen LogP contribution in [-0.4, -0.2) is 43.0 Å². The quantitative estimate of drug-likeness (QED) is 0.822. The van der Waals surface area contributed by atoms with Crippen molar-refractivity contribution in [1.82, 2.24) is 5.32 Å². The van der Waals surface area contributed by atoms with Crippen molar-refractivity contribution in [3.63, 3.8) is 0 Å². The van der Waals surface area contributed by atoms with Gasteiger partial charge in [0.1, 0.15) is 5.60 Å². The Morgan fingerprint density at radius 1 is 1.33 bits per heavy atom. The number of rotatable bonds is 4. The third-order valence-electron chi connectivity index (χ3n) is 2.27. The van der Waals surface area contributed by atoms with Crippen molar-refractivity contribution in [3.8, 4) is 0 Å². The Balaban J connectivity index is 2.32. The minimum absolute atomic E-state index is 0.136. The monoisotopic (exact) mass is 259 g/mol. The molecule has 1 N–H and O–H groups in total. The van der Waals surface area contributed by atoms with Gasteiger partial charge in [-0.15, -0.1) is 0 Å². The maximum atomic E-state index is 11.8. The zero-order valence-corrected chi connectivity index (χ0v) is 11.3. The van der Waals surface area contributed by atoms with E-state index in [4.69, 9.17) is 14.2 Å². The summed E-state index contributed by atoms with van der Waals surface area (Å²) in [4.78, 5) is 23.2. The SMILES string of the molecule is CC(NC(=O)OC(C)(C)C)C(=O)CC1OCCO1. The number of ketones is 1. The molecule has 0 aromatic carbocycles. The van der Waals surface area contributed by atoms with Gasteiger partial charge in [-0.1, -0.05) is 0 Å². The maximum absolute atomic E-state index is 11.8. The van der Waals surface area contributed by atoms with Crippen LogP contribution in [0.4, 0.5) is 4.79 Å². The smallest absolute Gasteiger partial charge is 0.408 e. The first kappa shape index (κ1) is 14.9. The van der Waals surface area contributed by atoms with Crippen LogP contribution in [0.2, 0.25) is 0 Å². The summed E-state index contributed by atoms with van der Waals surface area (Å²) >= 11 is 0. The fourth-order valence-corrected chi connectivity index (χ4v) is 1.43. The number of hydrogen-bond acceptors (Lipinski definition) is 5. The summed E-state index contributed by atoms with van der Waals surface area (Å²) < 4.78 is 15.4. The van der Waals surface area contributed by atoms with Crippen LogP contribution >= 0.6 is 0 Å². The normalized spacial score (nSPS) is 18.4. The number of amides is 1. The molecule has 6 nitrogen and oxygen atoms in total. The number of Topliss-reactive ketones (excluding diaryl/α,β-unsaturated/α-hetero) is 1. The molecular weight excluding hydrogens is 238 g/mol. The number of alkyl carbamates (subject to hydrolysis) is 1. The molecule has 1 amide bonds. The lowest BCUT2D eigenvalue weighted by atomic mass is 10.1. The van der Waals surface area contributed by atoms with Crippen LogP contribution in [0.5, 0.6) is 0 Å². The second kappa shape index (κ2) is 6.15. The number of carbonyl (C=O) groups is 2. The lowest BCUT2D eigenvalue weighted by Crippen LogP contribution is -2.42. The second-order valence-electron chi connectivity index (χ2n) is 5.21. The zero-order valence-electron chi connectivity index (χ0n) is 11.3. The van der Waals surface area contributed by atoms with Crippen LogP contribution in [-0.2, 0) is 19.0 Å². The van der Waals surface area contributed by atoms with Crippen molar-refractivity contribution in [1.29, 1.82) is 0 Å². The van der Waals surface area contributed by atoms with E-state index in [0.29, 0.717) is 13.2 Å². The van der Waals surface area contributed by atoms with Crippen LogP contribution in [0.1, 0.15) is 34.1 Å². The summed E-state index contributed by atoms with van der Waals surface area (Å²) in [5.41, 5.74) is -0.579. The van der Waals surface area contributed by atoms with Gasteiger partial charge in [-0.25, -0.2) is 4.79 Å². The first-order valence-electron chi connectivity index (χ1n) is 6.03. The molecule has 1 aliphatic heterocycles. The van der Waals surface area contributed by atoms with Gasteiger partial charge < -0.3 is 19.5 Å². The fraction of sp³-hybridized carbons (Fsp3) is 0.833. The van der Waals surface area contributed by atoms with Gasteiger partial charge in [0.05, 0.1) is 25.7 Å². The van der Waals surface area contributed by atoms with E-state index in [0.717, 1.165) is 0 Å². The Hall–Kier alpha value is -1.14. The highest BCUT2D eigenvalue weighted by Gasteiger charge is 2.25. The van der Waals surface area contributed by atoms with Gasteiger partial charge in [-0.3, -0.25) is 4.79 Å². The van der Waals surface area contributed by atoms with E-state index < -0.39 is 24.0 Å². The maximum Gasteiger partial charge on any atom is 0.408 e. The summed E-state index contributed by atoms with van der Waals surface area (Å²) in [6.07, 6.45) is -0.950. The third kappa shape index (κ3) is 5.46. The number of hydrogen-bond donors (Lipinski definition) is 1. The molecule has 6 heteroatoms. The number of carbonyl (C=O) groups excluding carboxylic acids is 2. The summed E-state index contributed by atoms with van der Waals surface area (Å²) in [6.45, 7) is 7.91. The molecule has 0 saturated carbocycles. The Bertz CT molecular complexity index is 304. The summed E-state index contributed by atoms with van der Waals surface area (Å²) in [5, 5.41) is 2.49. The van der Waals surface area contributed by atoms with E-state index in [-0.39, 0.29) is 12.2 Å². The Morgan fingerprint density at radius 3 is 2.39 bits per heavy atom. The average Bonchev–Trinajstić information content (AvgIpc) is 2.66. The Labute approximate surface area is 107 Å². The van der Waals surface area contributed by atoms with Gasteiger partial charge in [0.2, 0.25) is 0 Å². The van der Waals surface area contributed by atoms with E-state index in [1.54, 1.807) is 27.7 Å². The van der Waals surface area contributed by atoms with Crippen LogP contribution in [0, 0.1) is 0 Å². The van der Waals surface area contributed by atoms with E-state index in [1.807, 2.05) is 0 Å². The Morgan fingerprint density at radius 2 is 1.89 bits per heavy atom. The third-order valence-corrected chi connectivity index (χ3v) is 2.27. The molecule has 0 spiro atoms. The highest BCUT2D eigenvalue weighted by Crippen LogP contribution is 2.10. The first-order valence-corrected chi connectivity index (χ1v) is 6.03. The molecule has 0 aliphatic carbocycles. The summed E-state index contributed by atoms with van der Waals surface area (Å²) in [7, 11) is 0. The molecule has 1 rings (SSSR count). The standard InChI is InChI=1S/C12H21NO5/c1-8(13-11(15)18-12(2,3)4)9(14)7-10-16-5-6-17-10/h8,10H,5-7H2,1-4H3,(H,13,15). The predicted octanol–water partition coefficient (Wildman–Crippen LogP) is 1.23. The summed E-state index contributed by atoms with van der Waals surface area (Å²) in [6, 6.07) is -0.618. The van der Waals surface area contributed by atoms with E-state index in [2.05, 4.69) is 5.32 Å². The van der Waals surface area contributed by atoms with Gasteiger partial charge in [-0.05, 0) is 27.7 Å². The Kier molecular flexibility index (Phi) is 5.10. The molecule has 18 heavy (non-hydrogen) atoms. The van der Waals surface area contributed by atoms with Gasteiger partial charge in [0.25, 0.3) is 0 Å². The van der Waals surface area contributed by atoms with Gasteiger partial charge >= 0.3 is 6.09 Å². The molecule has 1 saturated heterocycles. The molecule has 1 aliphatic rings. The van der Waals surface area contributed by atoms with Crippen molar-refractivity contribution in [2.75, 3.05) is 13.2 Å². The zero-order chi connectivity index (χ0) is 13.8. The topological polar surface area (TPSA) is 73.9 Å². The molecule has 1 atom stereocenters. The molecular formula is C12H21NO5. The van der Waals surface area contributed by atoms with Crippen molar-refractivity contribution < 1.29 is 23.8 Å². The van der Waals surface area contributed by atoms with Crippen molar-refractivity contribution in [2.24, 2.45) is 0 Å². The van der Waals surface area contributed by atoms with E-state index in [1.165, 1.54) is 0 Å². The molecule has 104 valence electrons. The van der Waals surface area contributed by atoms with Crippen LogP contribution in [0.3, 0.4) is 0 Å². The van der Waals surface area contributed by atoms with Crippen molar-refractivity contribution >= 4 is 11.9 Å². The molecule has 0 aromatic rings. The number of nitrogens with one attached hydrogen (secondary N) is 1. The van der Waals surface area contributed by atoms with Crippen molar-refractivity contribution in [3.05, 3.63) is 0 Å². The predicted molar refractivity (Wildman–Crippen MR) is 64.1 cm³/mol. The second-order valence-corrected chi connectivity index (χ2v) is 5.21.